The molecule has 7 heteroatoms. The van der Waals surface area contributed by atoms with Gasteiger partial charge in [0.25, 0.3) is 5.91 Å². The highest BCUT2D eigenvalue weighted by molar-refractivity contribution is 6.03. The first-order chi connectivity index (χ1) is 11.7. The van der Waals surface area contributed by atoms with E-state index in [1.807, 2.05) is 0 Å². The van der Waals surface area contributed by atoms with Crippen LogP contribution in [0, 0.1) is 0 Å². The summed E-state index contributed by atoms with van der Waals surface area (Å²) in [5.74, 6) is 1.14. The number of fused-ring (bicyclic) bond motifs is 1. The molecule has 0 atom stereocenters. The van der Waals surface area contributed by atoms with E-state index in [4.69, 9.17) is 14.0 Å². The minimum absolute atomic E-state index is 0.0522. The number of hydrogen-bond donors (Lipinski definition) is 2. The van der Waals surface area contributed by atoms with E-state index in [2.05, 4.69) is 10.5 Å². The maximum absolute atomic E-state index is 12.3. The van der Waals surface area contributed by atoms with Crippen LogP contribution in [0.4, 0.5) is 5.69 Å². The van der Waals surface area contributed by atoms with E-state index in [1.165, 1.54) is 12.1 Å². The van der Waals surface area contributed by atoms with Crippen LogP contribution in [0.2, 0.25) is 0 Å². The molecule has 0 saturated heterocycles. The maximum Gasteiger partial charge on any atom is 0.277 e. The molecule has 1 aromatic heterocycles. The van der Waals surface area contributed by atoms with Crippen LogP contribution in [-0.2, 0) is 0 Å². The molecule has 7 nitrogen and oxygen atoms in total. The number of carbonyl (C=O) groups excluding carboxylic acids is 1. The molecule has 0 spiro atoms. The molecule has 1 aliphatic rings. The summed E-state index contributed by atoms with van der Waals surface area (Å²) in [7, 11) is 0. The lowest BCUT2D eigenvalue weighted by Gasteiger charge is -2.03. The molecule has 1 amide bonds. The molecule has 1 aliphatic heterocycles. The topological polar surface area (TPSA) is 93.8 Å². The molecule has 4 rings (SSSR count). The SMILES string of the molecule is O=C(Nc1ccc2c(c1)OCO2)c1cc(-c2ccccc2O)on1. The molecular formula is C17H12N2O5. The highest BCUT2D eigenvalue weighted by Gasteiger charge is 2.18. The molecule has 0 bridgehead atoms. The van der Waals surface area contributed by atoms with Gasteiger partial charge in [-0.2, -0.15) is 0 Å². The molecule has 120 valence electrons. The highest BCUT2D eigenvalue weighted by Crippen LogP contribution is 2.34. The van der Waals surface area contributed by atoms with Crippen LogP contribution < -0.4 is 14.8 Å². The van der Waals surface area contributed by atoms with Crippen LogP contribution in [0.5, 0.6) is 17.2 Å². The van der Waals surface area contributed by atoms with Crippen LogP contribution in [0.3, 0.4) is 0 Å². The van der Waals surface area contributed by atoms with Gasteiger partial charge in [-0.15, -0.1) is 0 Å². The lowest BCUT2D eigenvalue weighted by atomic mass is 10.1. The Labute approximate surface area is 136 Å². The normalized spacial score (nSPS) is 12.2. The molecule has 3 aromatic rings. The largest absolute Gasteiger partial charge is 0.507 e. The fourth-order valence-electron chi connectivity index (χ4n) is 2.36. The van der Waals surface area contributed by atoms with Crippen LogP contribution in [0.1, 0.15) is 10.5 Å². The van der Waals surface area contributed by atoms with Crippen molar-refractivity contribution in [1.82, 2.24) is 5.16 Å². The van der Waals surface area contributed by atoms with E-state index in [9.17, 15) is 9.90 Å². The smallest absolute Gasteiger partial charge is 0.277 e. The highest BCUT2D eigenvalue weighted by atomic mass is 16.7. The average molecular weight is 324 g/mol. The number of phenolic OH excluding ortho intramolecular Hbond substituents is 1. The second-order valence-electron chi connectivity index (χ2n) is 5.12. The van der Waals surface area contributed by atoms with Gasteiger partial charge in [0.15, 0.2) is 23.0 Å². The molecule has 0 radical (unpaired) electrons. The van der Waals surface area contributed by atoms with Crippen molar-refractivity contribution in [3.63, 3.8) is 0 Å². The predicted octanol–water partition coefficient (Wildman–Crippen LogP) is 3.03. The number of amides is 1. The van der Waals surface area contributed by atoms with Crippen molar-refractivity contribution in [3.8, 4) is 28.6 Å². The summed E-state index contributed by atoms with van der Waals surface area (Å²) in [6, 6.07) is 13.2. The third-order valence-corrected chi connectivity index (χ3v) is 3.54. The van der Waals surface area contributed by atoms with Gasteiger partial charge < -0.3 is 24.4 Å². The minimum Gasteiger partial charge on any atom is -0.507 e. The first-order valence-corrected chi connectivity index (χ1v) is 7.17. The first-order valence-electron chi connectivity index (χ1n) is 7.17. The molecule has 0 fully saturated rings. The number of phenols is 1. The van der Waals surface area contributed by atoms with E-state index < -0.39 is 5.91 Å². The minimum atomic E-state index is -0.431. The summed E-state index contributed by atoms with van der Waals surface area (Å²) in [5, 5.41) is 16.3. The zero-order valence-corrected chi connectivity index (χ0v) is 12.4. The van der Waals surface area contributed by atoms with Crippen LogP contribution in [0.15, 0.2) is 53.1 Å². The summed E-state index contributed by atoms with van der Waals surface area (Å²) < 4.78 is 15.6. The summed E-state index contributed by atoms with van der Waals surface area (Å²) in [5.41, 5.74) is 1.12. The average Bonchev–Trinajstić information content (AvgIpc) is 3.24. The zero-order chi connectivity index (χ0) is 16.5. The number of hydrogen-bond acceptors (Lipinski definition) is 6. The number of aromatic nitrogens is 1. The van der Waals surface area contributed by atoms with Gasteiger partial charge in [0.1, 0.15) is 5.75 Å². The van der Waals surface area contributed by atoms with Crippen molar-refractivity contribution in [3.05, 3.63) is 54.2 Å². The Kier molecular flexibility index (Phi) is 3.31. The lowest BCUT2D eigenvalue weighted by molar-refractivity contribution is 0.101. The summed E-state index contributed by atoms with van der Waals surface area (Å²) in [6.07, 6.45) is 0. The number of benzene rings is 2. The summed E-state index contributed by atoms with van der Waals surface area (Å²) in [4.78, 5) is 12.3. The number of para-hydroxylation sites is 1. The molecule has 2 aromatic carbocycles. The molecule has 2 heterocycles. The van der Waals surface area contributed by atoms with Gasteiger partial charge in [-0.25, -0.2) is 0 Å². The fraction of sp³-hybridized carbons (Fsp3) is 0.0588. The van der Waals surface area contributed by atoms with Crippen molar-refractivity contribution >= 4 is 11.6 Å². The Hall–Kier alpha value is -3.48. The van der Waals surface area contributed by atoms with Gasteiger partial charge in [-0.05, 0) is 24.3 Å². The van der Waals surface area contributed by atoms with Gasteiger partial charge in [0, 0.05) is 17.8 Å². The second-order valence-corrected chi connectivity index (χ2v) is 5.12. The van der Waals surface area contributed by atoms with Crippen LogP contribution >= 0.6 is 0 Å². The third kappa shape index (κ3) is 2.52. The Morgan fingerprint density at radius 3 is 2.79 bits per heavy atom. The summed E-state index contributed by atoms with van der Waals surface area (Å²) >= 11 is 0. The Bertz CT molecular complexity index is 919. The van der Waals surface area contributed by atoms with E-state index in [0.29, 0.717) is 28.5 Å². The van der Waals surface area contributed by atoms with Gasteiger partial charge in [0.2, 0.25) is 6.79 Å². The standard InChI is InChI=1S/C17H12N2O5/c20-13-4-2-1-3-11(13)15-8-12(19-24-15)17(21)18-10-5-6-14-16(7-10)23-9-22-14/h1-8,20H,9H2,(H,18,21). The predicted molar refractivity (Wildman–Crippen MR) is 84.1 cm³/mol. The van der Waals surface area contributed by atoms with Crippen LogP contribution in [0.25, 0.3) is 11.3 Å². The summed E-state index contributed by atoms with van der Waals surface area (Å²) in [6.45, 7) is 0.167. The monoisotopic (exact) mass is 324 g/mol. The molecule has 2 N–H and O–H groups in total. The van der Waals surface area contributed by atoms with E-state index >= 15 is 0 Å². The number of anilines is 1. The van der Waals surface area contributed by atoms with Crippen molar-refractivity contribution in [2.45, 2.75) is 0 Å². The van der Waals surface area contributed by atoms with Crippen molar-refractivity contribution in [2.75, 3.05) is 12.1 Å². The first kappa shape index (κ1) is 14.1. The number of carbonyl (C=O) groups is 1. The van der Waals surface area contributed by atoms with E-state index in [0.717, 1.165) is 0 Å². The van der Waals surface area contributed by atoms with Gasteiger partial charge >= 0.3 is 0 Å². The molecule has 24 heavy (non-hydrogen) atoms. The Morgan fingerprint density at radius 1 is 1.08 bits per heavy atom. The molecule has 0 unspecified atom stereocenters. The van der Waals surface area contributed by atoms with Gasteiger partial charge in [-0.1, -0.05) is 17.3 Å². The van der Waals surface area contributed by atoms with Gasteiger partial charge in [-0.3, -0.25) is 4.79 Å². The number of nitrogens with one attached hydrogen (secondary N) is 1. The number of rotatable bonds is 3. The molecular weight excluding hydrogens is 312 g/mol. The fourth-order valence-corrected chi connectivity index (χ4v) is 2.36. The number of ether oxygens (including phenoxy) is 2. The zero-order valence-electron chi connectivity index (χ0n) is 12.4. The van der Waals surface area contributed by atoms with E-state index in [-0.39, 0.29) is 18.2 Å². The quantitative estimate of drug-likeness (QED) is 0.769. The lowest BCUT2D eigenvalue weighted by Crippen LogP contribution is -2.12. The van der Waals surface area contributed by atoms with Crippen molar-refractivity contribution < 1.29 is 23.9 Å². The van der Waals surface area contributed by atoms with Gasteiger partial charge in [0.05, 0.1) is 5.56 Å². The Morgan fingerprint density at radius 2 is 1.92 bits per heavy atom. The second kappa shape index (κ2) is 5.62. The molecule has 0 saturated carbocycles. The van der Waals surface area contributed by atoms with Crippen molar-refractivity contribution in [1.29, 1.82) is 0 Å². The Balaban J connectivity index is 1.54. The third-order valence-electron chi connectivity index (χ3n) is 3.54. The number of aromatic hydroxyl groups is 1. The van der Waals surface area contributed by atoms with Crippen molar-refractivity contribution in [2.24, 2.45) is 0 Å². The van der Waals surface area contributed by atoms with Crippen LogP contribution in [-0.4, -0.2) is 23.0 Å². The maximum atomic E-state index is 12.3. The molecule has 0 aliphatic carbocycles. The van der Waals surface area contributed by atoms with E-state index in [1.54, 1.807) is 36.4 Å². The number of nitrogens with zero attached hydrogens (tertiary/aromatic N) is 1.